The van der Waals surface area contributed by atoms with E-state index in [1.807, 2.05) is 11.3 Å². The van der Waals surface area contributed by atoms with Gasteiger partial charge in [-0.15, -0.1) is 11.3 Å². The predicted octanol–water partition coefficient (Wildman–Crippen LogP) is 15.5. The first-order chi connectivity index (χ1) is 27.0. The van der Waals surface area contributed by atoms with Crippen molar-refractivity contribution < 1.29 is 0 Å². The van der Waals surface area contributed by atoms with E-state index in [1.165, 1.54) is 91.9 Å². The van der Waals surface area contributed by atoms with E-state index < -0.39 is 0 Å². The number of benzene rings is 9. The fraction of sp³-hybridized carbons (Fsp3) is 0.0566. The second-order valence-electron chi connectivity index (χ2n) is 15.3. The number of rotatable bonds is 5. The van der Waals surface area contributed by atoms with Crippen LogP contribution in [-0.2, 0) is 5.41 Å². The third-order valence-electron chi connectivity index (χ3n) is 11.8. The summed E-state index contributed by atoms with van der Waals surface area (Å²) < 4.78 is 2.60. The van der Waals surface area contributed by atoms with E-state index in [1.54, 1.807) is 0 Å². The Morgan fingerprint density at radius 3 is 1.98 bits per heavy atom. The van der Waals surface area contributed by atoms with Crippen LogP contribution in [0, 0.1) is 0 Å². The molecule has 1 heterocycles. The van der Waals surface area contributed by atoms with Crippen molar-refractivity contribution in [3.8, 4) is 33.4 Å². The van der Waals surface area contributed by atoms with Crippen LogP contribution >= 0.6 is 11.3 Å². The van der Waals surface area contributed by atoms with Gasteiger partial charge in [-0.25, -0.2) is 0 Å². The molecule has 0 radical (unpaired) electrons. The zero-order chi connectivity index (χ0) is 36.7. The van der Waals surface area contributed by atoms with Gasteiger partial charge in [-0.1, -0.05) is 159 Å². The molecule has 1 aromatic heterocycles. The van der Waals surface area contributed by atoms with E-state index in [4.69, 9.17) is 0 Å². The van der Waals surface area contributed by atoms with Crippen molar-refractivity contribution in [2.75, 3.05) is 4.90 Å². The molecule has 1 aliphatic carbocycles. The van der Waals surface area contributed by atoms with Crippen molar-refractivity contribution in [1.82, 2.24) is 0 Å². The van der Waals surface area contributed by atoms with E-state index in [0.717, 1.165) is 11.4 Å². The normalized spacial score (nSPS) is 13.1. The van der Waals surface area contributed by atoms with Crippen molar-refractivity contribution >= 4 is 70.1 Å². The van der Waals surface area contributed by atoms with Gasteiger partial charge in [0.1, 0.15) is 0 Å². The third-order valence-corrected chi connectivity index (χ3v) is 13.0. The van der Waals surface area contributed by atoms with Crippen LogP contribution in [0.15, 0.2) is 188 Å². The Balaban J connectivity index is 1.18. The van der Waals surface area contributed by atoms with Gasteiger partial charge in [-0.2, -0.15) is 0 Å². The highest BCUT2D eigenvalue weighted by atomic mass is 32.1. The van der Waals surface area contributed by atoms with Crippen molar-refractivity contribution in [1.29, 1.82) is 0 Å². The molecular weight excluding hydrogens is 683 g/mol. The van der Waals surface area contributed by atoms with Gasteiger partial charge in [0.25, 0.3) is 0 Å². The number of nitrogens with zero attached hydrogens (tertiary/aromatic N) is 1. The summed E-state index contributed by atoms with van der Waals surface area (Å²) in [6.45, 7) is 4.79. The highest BCUT2D eigenvalue weighted by Crippen LogP contribution is 2.54. The maximum absolute atomic E-state index is 2.48. The van der Waals surface area contributed by atoms with E-state index in [-0.39, 0.29) is 5.41 Å². The average molecular weight is 720 g/mol. The average Bonchev–Trinajstić information content (AvgIpc) is 3.63. The molecule has 260 valence electrons. The van der Waals surface area contributed by atoms with Crippen molar-refractivity contribution in [3.05, 3.63) is 199 Å². The zero-order valence-corrected chi connectivity index (χ0v) is 31.6. The number of fused-ring (bicyclic) bond motifs is 6. The van der Waals surface area contributed by atoms with Gasteiger partial charge in [0.05, 0.1) is 10.4 Å². The summed E-state index contributed by atoms with van der Waals surface area (Å²) in [5.74, 6) is 0. The Bertz CT molecular complexity index is 3110. The van der Waals surface area contributed by atoms with Crippen LogP contribution in [0.4, 0.5) is 17.1 Å². The summed E-state index contributed by atoms with van der Waals surface area (Å²) in [6, 6.07) is 69.7. The zero-order valence-electron chi connectivity index (χ0n) is 30.8. The molecule has 1 nitrogen and oxygen atoms in total. The number of thiophene rings is 1. The Hall–Kier alpha value is -6.48. The standard InChI is InChI=1S/C53H37NS/c1-53(2)46-31-29-41(33-45(46)51-42(30-26-37-16-10-19-47(53)50(37)51)39-23-22-35-14-6-7-15-38(35)32-39)54(40-27-24-36(25-28-40)34-12-4-3-5-13-34)48-20-11-18-44-43-17-8-9-21-49(43)55-52(44)48/h3-33H,1-2H3. The molecule has 0 saturated heterocycles. The molecule has 0 atom stereocenters. The first-order valence-corrected chi connectivity index (χ1v) is 19.9. The summed E-state index contributed by atoms with van der Waals surface area (Å²) in [6.07, 6.45) is 0. The minimum absolute atomic E-state index is 0.184. The van der Waals surface area contributed by atoms with Gasteiger partial charge in [0.15, 0.2) is 0 Å². The molecule has 0 amide bonds. The van der Waals surface area contributed by atoms with Gasteiger partial charge >= 0.3 is 0 Å². The lowest BCUT2D eigenvalue weighted by Gasteiger charge is -2.37. The van der Waals surface area contributed by atoms with Crippen molar-refractivity contribution in [2.24, 2.45) is 0 Å². The molecule has 11 rings (SSSR count). The molecule has 0 saturated carbocycles. The lowest BCUT2D eigenvalue weighted by atomic mass is 9.67. The van der Waals surface area contributed by atoms with Crippen LogP contribution in [-0.4, -0.2) is 0 Å². The fourth-order valence-corrected chi connectivity index (χ4v) is 10.3. The lowest BCUT2D eigenvalue weighted by molar-refractivity contribution is 0.645. The van der Waals surface area contributed by atoms with Crippen LogP contribution in [0.1, 0.15) is 25.0 Å². The molecule has 0 spiro atoms. The first kappa shape index (κ1) is 32.0. The molecule has 1 aliphatic rings. The van der Waals surface area contributed by atoms with Gasteiger partial charge in [-0.3, -0.25) is 0 Å². The van der Waals surface area contributed by atoms with E-state index in [9.17, 15) is 0 Å². The molecule has 0 bridgehead atoms. The van der Waals surface area contributed by atoms with Crippen LogP contribution < -0.4 is 4.90 Å². The Labute approximate surface area is 325 Å². The number of hydrogen-bond acceptors (Lipinski definition) is 2. The van der Waals surface area contributed by atoms with E-state index in [0.29, 0.717) is 0 Å². The van der Waals surface area contributed by atoms with Crippen LogP contribution in [0.2, 0.25) is 0 Å². The summed E-state index contributed by atoms with van der Waals surface area (Å²) in [4.78, 5) is 2.48. The minimum atomic E-state index is -0.184. The second kappa shape index (κ2) is 12.3. The van der Waals surface area contributed by atoms with Gasteiger partial charge in [-0.05, 0) is 109 Å². The summed E-state index contributed by atoms with van der Waals surface area (Å²) in [5.41, 5.74) is 13.6. The Morgan fingerprint density at radius 1 is 0.436 bits per heavy atom. The molecule has 55 heavy (non-hydrogen) atoms. The molecule has 0 N–H and O–H groups in total. The predicted molar refractivity (Wildman–Crippen MR) is 237 cm³/mol. The number of hydrogen-bond donors (Lipinski definition) is 0. The fourth-order valence-electron chi connectivity index (χ4n) is 9.11. The quantitative estimate of drug-likeness (QED) is 0.171. The molecule has 0 unspecified atom stereocenters. The van der Waals surface area contributed by atoms with E-state index >= 15 is 0 Å². The highest BCUT2D eigenvalue weighted by molar-refractivity contribution is 7.26. The minimum Gasteiger partial charge on any atom is -0.309 e. The maximum Gasteiger partial charge on any atom is 0.0640 e. The topological polar surface area (TPSA) is 3.24 Å². The molecule has 9 aromatic carbocycles. The maximum atomic E-state index is 2.48. The summed E-state index contributed by atoms with van der Waals surface area (Å²) >= 11 is 1.88. The monoisotopic (exact) mass is 719 g/mol. The molecule has 0 aliphatic heterocycles. The molecular formula is C53H37NS. The molecule has 2 heteroatoms. The van der Waals surface area contributed by atoms with Crippen molar-refractivity contribution in [2.45, 2.75) is 19.3 Å². The SMILES string of the molecule is CC1(C)c2ccc(N(c3ccc(-c4ccccc4)cc3)c3cccc4c3sc3ccccc34)cc2-c2c(-c3ccc4ccccc4c3)ccc3cccc1c23. The van der Waals surface area contributed by atoms with E-state index in [2.05, 4.69) is 207 Å². The van der Waals surface area contributed by atoms with Gasteiger partial charge in [0, 0.05) is 32.3 Å². The third kappa shape index (κ3) is 4.99. The summed E-state index contributed by atoms with van der Waals surface area (Å²) in [5, 5.41) is 7.75. The Kier molecular flexibility index (Phi) is 7.14. The van der Waals surface area contributed by atoms with Crippen molar-refractivity contribution in [3.63, 3.8) is 0 Å². The van der Waals surface area contributed by atoms with Crippen LogP contribution in [0.3, 0.4) is 0 Å². The number of anilines is 3. The summed E-state index contributed by atoms with van der Waals surface area (Å²) in [7, 11) is 0. The lowest BCUT2D eigenvalue weighted by Crippen LogP contribution is -2.24. The first-order valence-electron chi connectivity index (χ1n) is 19.1. The Morgan fingerprint density at radius 2 is 1.11 bits per heavy atom. The van der Waals surface area contributed by atoms with Crippen LogP contribution in [0.25, 0.3) is 75.1 Å². The second-order valence-corrected chi connectivity index (χ2v) is 16.4. The van der Waals surface area contributed by atoms with Gasteiger partial charge < -0.3 is 4.90 Å². The largest absolute Gasteiger partial charge is 0.309 e. The molecule has 10 aromatic rings. The highest BCUT2D eigenvalue weighted by Gasteiger charge is 2.35. The van der Waals surface area contributed by atoms with Gasteiger partial charge in [0.2, 0.25) is 0 Å². The molecule has 0 fully saturated rings. The van der Waals surface area contributed by atoms with Crippen LogP contribution in [0.5, 0.6) is 0 Å². The smallest absolute Gasteiger partial charge is 0.0640 e.